The maximum atomic E-state index is 12.0. The van der Waals surface area contributed by atoms with Gasteiger partial charge in [0.05, 0.1) is 5.56 Å². The predicted molar refractivity (Wildman–Crippen MR) is 76.0 cm³/mol. The molecule has 2 nitrogen and oxygen atoms in total. The van der Waals surface area contributed by atoms with E-state index >= 15 is 0 Å². The second kappa shape index (κ2) is 7.24. The number of benzene rings is 1. The molecule has 0 spiro atoms. The Morgan fingerprint density at radius 1 is 1.53 bits per heavy atom. The Bertz CT molecular complexity index is 398. The van der Waals surface area contributed by atoms with Crippen LogP contribution in [0, 0.1) is 0 Å². The number of hydrogen-bond acceptors (Lipinski definition) is 1. The minimum atomic E-state index is -0.128. The largest absolute Gasteiger partial charge is 0.349 e. The number of nitrogens with one attached hydrogen (secondary N) is 1. The van der Waals surface area contributed by atoms with Crippen molar-refractivity contribution in [3.05, 3.63) is 33.3 Å². The van der Waals surface area contributed by atoms with Crippen LogP contribution in [-0.4, -0.2) is 17.8 Å². The molecule has 0 fully saturated rings. The number of amides is 1. The molecule has 1 atom stereocenters. The molecule has 0 aliphatic carbocycles. The molecule has 1 unspecified atom stereocenters. The quantitative estimate of drug-likeness (QED) is 0.799. The molecule has 0 saturated carbocycles. The maximum Gasteiger partial charge on any atom is 0.252 e. The molecule has 0 radical (unpaired) electrons. The zero-order valence-corrected chi connectivity index (χ0v) is 12.6. The lowest BCUT2D eigenvalue weighted by Crippen LogP contribution is -2.34. The molecular weight excluding hydrogens is 325 g/mol. The number of carbonyl (C=O) groups is 1. The molecule has 0 heterocycles. The van der Waals surface area contributed by atoms with Crippen molar-refractivity contribution in [1.82, 2.24) is 5.32 Å². The molecule has 0 bridgehead atoms. The molecule has 0 aliphatic rings. The fourth-order valence-corrected chi connectivity index (χ4v) is 2.31. The van der Waals surface area contributed by atoms with E-state index in [0.29, 0.717) is 16.5 Å². The van der Waals surface area contributed by atoms with Crippen molar-refractivity contribution in [1.29, 1.82) is 0 Å². The first-order valence-electron chi connectivity index (χ1n) is 5.40. The maximum absolute atomic E-state index is 12.0. The van der Waals surface area contributed by atoms with Crippen LogP contribution in [0.3, 0.4) is 0 Å². The van der Waals surface area contributed by atoms with Crippen LogP contribution < -0.4 is 5.32 Å². The minimum Gasteiger partial charge on any atom is -0.349 e. The Hall–Kier alpha value is -0.250. The smallest absolute Gasteiger partial charge is 0.252 e. The van der Waals surface area contributed by atoms with Crippen molar-refractivity contribution in [2.24, 2.45) is 0 Å². The van der Waals surface area contributed by atoms with Crippen molar-refractivity contribution in [2.75, 3.05) is 5.88 Å². The first-order valence-corrected chi connectivity index (χ1v) is 7.11. The van der Waals surface area contributed by atoms with Crippen LogP contribution in [0.4, 0.5) is 0 Å². The van der Waals surface area contributed by atoms with Gasteiger partial charge in [-0.25, -0.2) is 0 Å². The average Bonchev–Trinajstić information content (AvgIpc) is 2.31. The summed E-state index contributed by atoms with van der Waals surface area (Å²) in [6.07, 6.45) is 1.62. The highest BCUT2D eigenvalue weighted by molar-refractivity contribution is 9.10. The summed E-state index contributed by atoms with van der Waals surface area (Å²) in [4.78, 5) is 12.0. The molecule has 1 N–H and O–H groups in total. The molecule has 0 aromatic heterocycles. The highest BCUT2D eigenvalue weighted by atomic mass is 79.9. The molecule has 1 aromatic carbocycles. The van der Waals surface area contributed by atoms with Gasteiger partial charge in [0.15, 0.2) is 0 Å². The molecule has 0 saturated heterocycles. The summed E-state index contributed by atoms with van der Waals surface area (Å²) < 4.78 is 0.736. The average molecular weight is 339 g/mol. The SMILES string of the molecule is CCC(CCCl)NC(=O)c1cc(Cl)ccc1Br. The number of hydrogen-bond donors (Lipinski definition) is 1. The van der Waals surface area contributed by atoms with Crippen LogP contribution in [0.2, 0.25) is 5.02 Å². The molecule has 17 heavy (non-hydrogen) atoms. The standard InChI is InChI=1S/C12H14BrCl2NO/c1-2-9(5-6-14)16-12(17)10-7-8(15)3-4-11(10)13/h3-4,7,9H,2,5-6H2,1H3,(H,16,17). The highest BCUT2D eigenvalue weighted by Gasteiger charge is 2.14. The Balaban J connectivity index is 2.78. The van der Waals surface area contributed by atoms with E-state index in [9.17, 15) is 4.79 Å². The Labute approximate surface area is 120 Å². The van der Waals surface area contributed by atoms with Gasteiger partial charge < -0.3 is 5.32 Å². The van der Waals surface area contributed by atoms with Crippen LogP contribution in [-0.2, 0) is 0 Å². The molecule has 0 aliphatic heterocycles. The van der Waals surface area contributed by atoms with Gasteiger partial charge in [-0.15, -0.1) is 11.6 Å². The first kappa shape index (κ1) is 14.8. The summed E-state index contributed by atoms with van der Waals surface area (Å²) in [7, 11) is 0. The van der Waals surface area contributed by atoms with Gasteiger partial charge in [0, 0.05) is 21.4 Å². The van der Waals surface area contributed by atoms with Gasteiger partial charge in [-0.1, -0.05) is 18.5 Å². The zero-order chi connectivity index (χ0) is 12.8. The number of halogens is 3. The molecular formula is C12H14BrCl2NO. The van der Waals surface area contributed by atoms with Crippen LogP contribution in [0.15, 0.2) is 22.7 Å². The van der Waals surface area contributed by atoms with Gasteiger partial charge in [-0.2, -0.15) is 0 Å². The van der Waals surface area contributed by atoms with Gasteiger partial charge in [0.2, 0.25) is 0 Å². The summed E-state index contributed by atoms with van der Waals surface area (Å²) in [6.45, 7) is 2.02. The summed E-state index contributed by atoms with van der Waals surface area (Å²) >= 11 is 14.9. The van der Waals surface area contributed by atoms with Crippen molar-refractivity contribution >= 4 is 45.0 Å². The Morgan fingerprint density at radius 2 is 2.24 bits per heavy atom. The van der Waals surface area contributed by atoms with Gasteiger partial charge in [-0.3, -0.25) is 4.79 Å². The lowest BCUT2D eigenvalue weighted by molar-refractivity contribution is 0.0934. The Morgan fingerprint density at radius 3 is 2.82 bits per heavy atom. The topological polar surface area (TPSA) is 29.1 Å². The fourth-order valence-electron chi connectivity index (χ4n) is 1.44. The first-order chi connectivity index (χ1) is 8.08. The van der Waals surface area contributed by atoms with E-state index in [1.807, 2.05) is 6.92 Å². The van der Waals surface area contributed by atoms with Crippen molar-refractivity contribution < 1.29 is 4.79 Å². The number of rotatable bonds is 5. The van der Waals surface area contributed by atoms with E-state index in [4.69, 9.17) is 23.2 Å². The van der Waals surface area contributed by atoms with Crippen LogP contribution in [0.1, 0.15) is 30.1 Å². The third-order valence-electron chi connectivity index (χ3n) is 2.46. The van der Waals surface area contributed by atoms with E-state index in [1.54, 1.807) is 18.2 Å². The van der Waals surface area contributed by atoms with Crippen LogP contribution >= 0.6 is 39.1 Å². The van der Waals surface area contributed by atoms with Gasteiger partial charge in [0.25, 0.3) is 5.91 Å². The molecule has 5 heteroatoms. The van der Waals surface area contributed by atoms with Gasteiger partial charge in [0.1, 0.15) is 0 Å². The minimum absolute atomic E-state index is 0.103. The third kappa shape index (κ3) is 4.49. The summed E-state index contributed by atoms with van der Waals surface area (Å²) in [6, 6.07) is 5.25. The number of carbonyl (C=O) groups excluding carboxylic acids is 1. The lowest BCUT2D eigenvalue weighted by atomic mass is 10.1. The van der Waals surface area contributed by atoms with Crippen molar-refractivity contribution in [2.45, 2.75) is 25.8 Å². The monoisotopic (exact) mass is 337 g/mol. The molecule has 1 rings (SSSR count). The Kier molecular flexibility index (Phi) is 6.31. The fraction of sp³-hybridized carbons (Fsp3) is 0.417. The normalized spacial score (nSPS) is 12.2. The summed E-state index contributed by atoms with van der Waals surface area (Å²) in [5.74, 6) is 0.409. The van der Waals surface area contributed by atoms with Crippen LogP contribution in [0.25, 0.3) is 0 Å². The second-order valence-electron chi connectivity index (χ2n) is 3.68. The second-order valence-corrected chi connectivity index (χ2v) is 5.35. The van der Waals surface area contributed by atoms with E-state index in [1.165, 1.54) is 0 Å². The number of alkyl halides is 1. The van der Waals surface area contributed by atoms with Crippen LogP contribution in [0.5, 0.6) is 0 Å². The van der Waals surface area contributed by atoms with E-state index < -0.39 is 0 Å². The van der Waals surface area contributed by atoms with E-state index in [-0.39, 0.29) is 11.9 Å². The third-order valence-corrected chi connectivity index (χ3v) is 3.60. The summed E-state index contributed by atoms with van der Waals surface area (Å²) in [5, 5.41) is 3.49. The highest BCUT2D eigenvalue weighted by Crippen LogP contribution is 2.21. The zero-order valence-electron chi connectivity index (χ0n) is 9.47. The summed E-state index contributed by atoms with van der Waals surface area (Å²) in [5.41, 5.74) is 0.547. The van der Waals surface area contributed by atoms with Gasteiger partial charge >= 0.3 is 0 Å². The van der Waals surface area contributed by atoms with E-state index in [0.717, 1.165) is 17.3 Å². The molecule has 1 amide bonds. The van der Waals surface area contributed by atoms with Crippen molar-refractivity contribution in [3.8, 4) is 0 Å². The lowest BCUT2D eigenvalue weighted by Gasteiger charge is -2.16. The van der Waals surface area contributed by atoms with Crippen molar-refractivity contribution in [3.63, 3.8) is 0 Å². The van der Waals surface area contributed by atoms with E-state index in [2.05, 4.69) is 21.2 Å². The molecule has 1 aromatic rings. The van der Waals surface area contributed by atoms with Gasteiger partial charge in [-0.05, 0) is 47.0 Å². The predicted octanol–water partition coefficient (Wildman–Crippen LogP) is 4.24. The molecule has 94 valence electrons.